The van der Waals surface area contributed by atoms with Crippen LogP contribution in [0.4, 0.5) is 0 Å². The summed E-state index contributed by atoms with van der Waals surface area (Å²) in [6.45, 7) is 1.48. The molecule has 2 aromatic heterocycles. The molecule has 3 aromatic rings. The molecule has 0 atom stereocenters. The fourth-order valence-corrected chi connectivity index (χ4v) is 2.52. The molecule has 0 aliphatic heterocycles. The Labute approximate surface area is 125 Å². The Morgan fingerprint density at radius 2 is 2.20 bits per heavy atom. The first-order valence-electron chi connectivity index (χ1n) is 6.31. The third-order valence-corrected chi connectivity index (χ3v) is 3.50. The predicted octanol–water partition coefficient (Wildman–Crippen LogP) is 2.96. The van der Waals surface area contributed by atoms with Gasteiger partial charge in [-0.25, -0.2) is 4.98 Å². The molecule has 0 bridgehead atoms. The van der Waals surface area contributed by atoms with Crippen molar-refractivity contribution in [2.75, 3.05) is 7.05 Å². The Kier molecular flexibility index (Phi) is 3.58. The van der Waals surface area contributed by atoms with Crippen molar-refractivity contribution >= 4 is 27.0 Å². The molecule has 0 saturated carbocycles. The van der Waals surface area contributed by atoms with Gasteiger partial charge in [0, 0.05) is 29.8 Å². The summed E-state index contributed by atoms with van der Waals surface area (Å²) in [5.74, 6) is 0.726. The SMILES string of the molecule is CN(Cc1cnn(C)c1)Cc1nc2cc(Br)ccc2o1. The summed E-state index contributed by atoms with van der Waals surface area (Å²) < 4.78 is 8.56. The van der Waals surface area contributed by atoms with E-state index in [-0.39, 0.29) is 0 Å². The van der Waals surface area contributed by atoms with E-state index in [0.29, 0.717) is 6.54 Å². The fourth-order valence-electron chi connectivity index (χ4n) is 2.17. The second kappa shape index (κ2) is 5.38. The van der Waals surface area contributed by atoms with Gasteiger partial charge in [0.2, 0.25) is 5.89 Å². The largest absolute Gasteiger partial charge is 0.439 e. The minimum atomic E-state index is 0.668. The van der Waals surface area contributed by atoms with Crippen molar-refractivity contribution in [2.24, 2.45) is 7.05 Å². The van der Waals surface area contributed by atoms with Crippen LogP contribution in [-0.2, 0) is 20.1 Å². The van der Waals surface area contributed by atoms with E-state index in [2.05, 4.69) is 30.9 Å². The first-order chi connectivity index (χ1) is 9.60. The van der Waals surface area contributed by atoms with Crippen molar-refractivity contribution in [1.82, 2.24) is 19.7 Å². The fraction of sp³-hybridized carbons (Fsp3) is 0.286. The van der Waals surface area contributed by atoms with Gasteiger partial charge in [-0.15, -0.1) is 0 Å². The lowest BCUT2D eigenvalue weighted by molar-refractivity contribution is 0.285. The molecule has 5 nitrogen and oxygen atoms in total. The molecule has 1 aromatic carbocycles. The number of rotatable bonds is 4. The van der Waals surface area contributed by atoms with Crippen molar-refractivity contribution < 1.29 is 4.42 Å². The highest BCUT2D eigenvalue weighted by atomic mass is 79.9. The van der Waals surface area contributed by atoms with Gasteiger partial charge in [0.15, 0.2) is 5.58 Å². The van der Waals surface area contributed by atoms with Crippen molar-refractivity contribution in [1.29, 1.82) is 0 Å². The number of nitrogens with zero attached hydrogens (tertiary/aromatic N) is 4. The molecule has 104 valence electrons. The van der Waals surface area contributed by atoms with Crippen LogP contribution in [0.2, 0.25) is 0 Å². The number of halogens is 1. The summed E-state index contributed by atoms with van der Waals surface area (Å²) in [4.78, 5) is 6.65. The van der Waals surface area contributed by atoms with E-state index in [0.717, 1.165) is 28.0 Å². The van der Waals surface area contributed by atoms with Crippen LogP contribution in [0.15, 0.2) is 39.5 Å². The molecular formula is C14H15BrN4O. The van der Waals surface area contributed by atoms with Gasteiger partial charge in [-0.3, -0.25) is 9.58 Å². The molecule has 0 radical (unpaired) electrons. The van der Waals surface area contributed by atoms with Crippen LogP contribution in [0.25, 0.3) is 11.1 Å². The Bertz CT molecular complexity index is 734. The number of hydrogen-bond donors (Lipinski definition) is 0. The Morgan fingerprint density at radius 1 is 1.35 bits per heavy atom. The van der Waals surface area contributed by atoms with Crippen molar-refractivity contribution in [3.8, 4) is 0 Å². The summed E-state index contributed by atoms with van der Waals surface area (Å²) in [6.07, 6.45) is 3.89. The lowest BCUT2D eigenvalue weighted by Gasteiger charge is -2.12. The standard InChI is InChI=1S/C14H15BrN4O/c1-18(7-10-6-16-19(2)8-10)9-14-17-12-5-11(15)3-4-13(12)20-14/h3-6,8H,7,9H2,1-2H3. The van der Waals surface area contributed by atoms with E-state index in [4.69, 9.17) is 4.42 Å². The van der Waals surface area contributed by atoms with Crippen LogP contribution < -0.4 is 0 Å². The average Bonchev–Trinajstić information content (AvgIpc) is 2.94. The van der Waals surface area contributed by atoms with Crippen molar-refractivity contribution in [2.45, 2.75) is 13.1 Å². The van der Waals surface area contributed by atoms with Gasteiger partial charge in [0.25, 0.3) is 0 Å². The van der Waals surface area contributed by atoms with E-state index in [1.165, 1.54) is 5.56 Å². The molecule has 0 aliphatic carbocycles. The molecule has 20 heavy (non-hydrogen) atoms. The zero-order valence-corrected chi connectivity index (χ0v) is 13.0. The highest BCUT2D eigenvalue weighted by molar-refractivity contribution is 9.10. The molecule has 0 amide bonds. The number of oxazole rings is 1. The summed E-state index contributed by atoms with van der Waals surface area (Å²) in [6, 6.07) is 5.84. The zero-order chi connectivity index (χ0) is 14.1. The quantitative estimate of drug-likeness (QED) is 0.735. The highest BCUT2D eigenvalue weighted by Crippen LogP contribution is 2.21. The van der Waals surface area contributed by atoms with Crippen LogP contribution in [0.1, 0.15) is 11.5 Å². The van der Waals surface area contributed by atoms with Crippen LogP contribution in [0, 0.1) is 0 Å². The van der Waals surface area contributed by atoms with Crippen molar-refractivity contribution in [3.63, 3.8) is 0 Å². The molecule has 2 heterocycles. The summed E-state index contributed by atoms with van der Waals surface area (Å²) in [7, 11) is 3.96. The molecule has 0 spiro atoms. The molecule has 0 unspecified atom stereocenters. The van der Waals surface area contributed by atoms with Gasteiger partial charge in [-0.05, 0) is 25.2 Å². The topological polar surface area (TPSA) is 47.1 Å². The van der Waals surface area contributed by atoms with Crippen LogP contribution in [0.3, 0.4) is 0 Å². The van der Waals surface area contributed by atoms with E-state index in [1.54, 1.807) is 4.68 Å². The Balaban J connectivity index is 1.72. The Hall–Kier alpha value is -1.66. The predicted molar refractivity (Wildman–Crippen MR) is 80.1 cm³/mol. The third-order valence-electron chi connectivity index (χ3n) is 3.01. The number of benzene rings is 1. The highest BCUT2D eigenvalue weighted by Gasteiger charge is 2.10. The summed E-state index contributed by atoms with van der Waals surface area (Å²) in [5.41, 5.74) is 2.87. The average molecular weight is 335 g/mol. The first-order valence-corrected chi connectivity index (χ1v) is 7.10. The van der Waals surface area contributed by atoms with Crippen LogP contribution in [-0.4, -0.2) is 26.7 Å². The van der Waals surface area contributed by atoms with E-state index < -0.39 is 0 Å². The summed E-state index contributed by atoms with van der Waals surface area (Å²) in [5, 5.41) is 4.17. The number of fused-ring (bicyclic) bond motifs is 1. The normalized spacial score (nSPS) is 11.6. The zero-order valence-electron chi connectivity index (χ0n) is 11.4. The smallest absolute Gasteiger partial charge is 0.209 e. The maximum atomic E-state index is 5.74. The van der Waals surface area contributed by atoms with Crippen molar-refractivity contribution in [3.05, 3.63) is 46.5 Å². The van der Waals surface area contributed by atoms with E-state index in [9.17, 15) is 0 Å². The molecule has 0 saturated heterocycles. The molecular weight excluding hydrogens is 320 g/mol. The number of hydrogen-bond acceptors (Lipinski definition) is 4. The first kappa shape index (κ1) is 13.3. The number of aromatic nitrogens is 3. The van der Waals surface area contributed by atoms with Gasteiger partial charge in [-0.2, -0.15) is 5.10 Å². The Morgan fingerprint density at radius 3 is 2.95 bits per heavy atom. The summed E-state index contributed by atoms with van der Waals surface area (Å²) >= 11 is 3.44. The minimum absolute atomic E-state index is 0.668. The van der Waals surface area contributed by atoms with Gasteiger partial charge in [0.05, 0.1) is 12.7 Å². The van der Waals surface area contributed by atoms with Gasteiger partial charge in [0.1, 0.15) is 5.52 Å². The lowest BCUT2D eigenvalue weighted by Crippen LogP contribution is -2.17. The third kappa shape index (κ3) is 2.91. The molecule has 6 heteroatoms. The van der Waals surface area contributed by atoms with Gasteiger partial charge < -0.3 is 4.42 Å². The van der Waals surface area contributed by atoms with Crippen LogP contribution >= 0.6 is 15.9 Å². The van der Waals surface area contributed by atoms with E-state index in [1.807, 2.05) is 44.7 Å². The van der Waals surface area contributed by atoms with Gasteiger partial charge >= 0.3 is 0 Å². The number of aryl methyl sites for hydroxylation is 1. The molecule has 0 aliphatic rings. The lowest BCUT2D eigenvalue weighted by atomic mass is 10.3. The molecule has 0 fully saturated rings. The monoisotopic (exact) mass is 334 g/mol. The second-order valence-electron chi connectivity index (χ2n) is 4.91. The second-order valence-corrected chi connectivity index (χ2v) is 5.83. The maximum absolute atomic E-state index is 5.74. The minimum Gasteiger partial charge on any atom is -0.439 e. The maximum Gasteiger partial charge on any atom is 0.209 e. The van der Waals surface area contributed by atoms with Crippen LogP contribution in [0.5, 0.6) is 0 Å². The van der Waals surface area contributed by atoms with E-state index >= 15 is 0 Å². The molecule has 3 rings (SSSR count). The molecule has 0 N–H and O–H groups in total. The van der Waals surface area contributed by atoms with Gasteiger partial charge in [-0.1, -0.05) is 15.9 Å².